The van der Waals surface area contributed by atoms with Gasteiger partial charge in [0.2, 0.25) is 0 Å². The Morgan fingerprint density at radius 2 is 2.04 bits per heavy atom. The van der Waals surface area contributed by atoms with Crippen LogP contribution in [-0.4, -0.2) is 41.1 Å². The number of hydrogen-bond donors (Lipinski definition) is 0. The summed E-state index contributed by atoms with van der Waals surface area (Å²) in [6.45, 7) is 0. The van der Waals surface area contributed by atoms with E-state index >= 15 is 0 Å². The minimum atomic E-state index is -3.11. The Hall–Kier alpha value is -1.32. The van der Waals surface area contributed by atoms with Gasteiger partial charge in [-0.25, -0.2) is 8.42 Å². The van der Waals surface area contributed by atoms with Gasteiger partial charge in [-0.15, -0.1) is 0 Å². The fourth-order valence-electron chi connectivity index (χ4n) is 3.17. The molecule has 0 N–H and O–H groups in total. The van der Waals surface area contributed by atoms with Crippen molar-refractivity contribution in [2.45, 2.75) is 12.5 Å². The molecule has 4 rings (SSSR count). The van der Waals surface area contributed by atoms with Crippen LogP contribution in [0.1, 0.15) is 12.2 Å². The number of thioether (sulfide) groups is 1. The average molecular weight is 474 g/mol. The summed E-state index contributed by atoms with van der Waals surface area (Å²) in [5.74, 6) is 0.759. The zero-order chi connectivity index (χ0) is 20.1. The molecule has 2 aromatic rings. The summed E-state index contributed by atoms with van der Waals surface area (Å²) in [4.78, 5) is 14.6. The maximum atomic E-state index is 12.8. The number of carbonyl (C=O) groups is 1. The summed E-state index contributed by atoms with van der Waals surface area (Å²) in [6.07, 6.45) is 2.01. The van der Waals surface area contributed by atoms with E-state index in [1.807, 2.05) is 0 Å². The van der Waals surface area contributed by atoms with Crippen molar-refractivity contribution in [3.63, 3.8) is 0 Å². The maximum absolute atomic E-state index is 12.8. The highest BCUT2D eigenvalue weighted by molar-refractivity contribution is 8.26. The van der Waals surface area contributed by atoms with Crippen LogP contribution in [0.3, 0.4) is 0 Å². The van der Waals surface area contributed by atoms with Crippen LogP contribution in [0, 0.1) is 0 Å². The number of nitrogens with zero attached hydrogens (tertiary/aromatic N) is 1. The molecule has 5 nitrogen and oxygen atoms in total. The molecule has 0 saturated carbocycles. The molecule has 2 fully saturated rings. The molecule has 10 heteroatoms. The maximum Gasteiger partial charge on any atom is 0.266 e. The predicted octanol–water partition coefficient (Wildman–Crippen LogP) is 4.64. The van der Waals surface area contributed by atoms with Gasteiger partial charge >= 0.3 is 0 Å². The first-order chi connectivity index (χ1) is 13.2. The smallest absolute Gasteiger partial charge is 0.266 e. The van der Waals surface area contributed by atoms with Crippen molar-refractivity contribution in [1.82, 2.24) is 4.90 Å². The van der Waals surface area contributed by atoms with Gasteiger partial charge in [0.1, 0.15) is 15.8 Å². The van der Waals surface area contributed by atoms with Gasteiger partial charge < -0.3 is 4.42 Å². The summed E-state index contributed by atoms with van der Waals surface area (Å²) in [5.41, 5.74) is 0.689. The van der Waals surface area contributed by atoms with Crippen molar-refractivity contribution < 1.29 is 17.6 Å². The van der Waals surface area contributed by atoms with Crippen LogP contribution in [0.25, 0.3) is 17.4 Å². The fourth-order valence-corrected chi connectivity index (χ4v) is 6.75. The highest BCUT2D eigenvalue weighted by Gasteiger charge is 2.42. The van der Waals surface area contributed by atoms with E-state index in [1.165, 1.54) is 4.90 Å². The van der Waals surface area contributed by atoms with E-state index in [4.69, 9.17) is 39.8 Å². The lowest BCUT2D eigenvalue weighted by Crippen LogP contribution is -2.39. The lowest BCUT2D eigenvalue weighted by atomic mass is 10.2. The zero-order valence-corrected chi connectivity index (χ0v) is 18.2. The van der Waals surface area contributed by atoms with Gasteiger partial charge in [-0.05, 0) is 36.8 Å². The summed E-state index contributed by atoms with van der Waals surface area (Å²) < 4.78 is 29.6. The largest absolute Gasteiger partial charge is 0.457 e. The van der Waals surface area contributed by atoms with Crippen LogP contribution in [-0.2, 0) is 14.6 Å². The number of halogens is 2. The van der Waals surface area contributed by atoms with Gasteiger partial charge in [-0.2, -0.15) is 0 Å². The van der Waals surface area contributed by atoms with Gasteiger partial charge in [0.15, 0.2) is 9.84 Å². The van der Waals surface area contributed by atoms with Crippen molar-refractivity contribution >= 4 is 73.3 Å². The van der Waals surface area contributed by atoms with Gasteiger partial charge in [0.05, 0.1) is 27.5 Å². The van der Waals surface area contributed by atoms with E-state index in [1.54, 1.807) is 36.4 Å². The predicted molar refractivity (Wildman–Crippen MR) is 116 cm³/mol. The molecule has 0 spiro atoms. The van der Waals surface area contributed by atoms with Crippen molar-refractivity contribution in [3.05, 3.63) is 51.0 Å². The fraction of sp³-hybridized carbons (Fsp3) is 0.222. The molecule has 1 aromatic carbocycles. The molecule has 146 valence electrons. The number of furan rings is 1. The molecule has 28 heavy (non-hydrogen) atoms. The Labute approximate surface area is 181 Å². The molecule has 2 aliphatic rings. The topological polar surface area (TPSA) is 67.6 Å². The first-order valence-electron chi connectivity index (χ1n) is 8.26. The minimum Gasteiger partial charge on any atom is -0.457 e. The van der Waals surface area contributed by atoms with Crippen LogP contribution in [0.5, 0.6) is 0 Å². The Bertz CT molecular complexity index is 1120. The second-order valence-electron chi connectivity index (χ2n) is 6.43. The third-order valence-electron chi connectivity index (χ3n) is 4.49. The van der Waals surface area contributed by atoms with E-state index in [0.29, 0.717) is 42.8 Å². The molecule has 1 aromatic heterocycles. The number of amides is 1. The van der Waals surface area contributed by atoms with Crippen LogP contribution in [0.2, 0.25) is 10.0 Å². The molecule has 0 bridgehead atoms. The van der Waals surface area contributed by atoms with Gasteiger partial charge in [0, 0.05) is 16.7 Å². The normalized spacial score (nSPS) is 23.1. The van der Waals surface area contributed by atoms with E-state index in [2.05, 4.69) is 0 Å². The molecular weight excluding hydrogens is 461 g/mol. The van der Waals surface area contributed by atoms with E-state index in [0.717, 1.165) is 11.8 Å². The van der Waals surface area contributed by atoms with Crippen molar-refractivity contribution in [2.24, 2.45) is 0 Å². The molecule has 2 saturated heterocycles. The third-order valence-corrected chi connectivity index (χ3v) is 8.12. The monoisotopic (exact) mass is 473 g/mol. The highest BCUT2D eigenvalue weighted by atomic mass is 35.5. The highest BCUT2D eigenvalue weighted by Crippen LogP contribution is 2.37. The van der Waals surface area contributed by atoms with Crippen LogP contribution >= 0.6 is 47.2 Å². The van der Waals surface area contributed by atoms with E-state index in [9.17, 15) is 13.2 Å². The molecule has 0 unspecified atom stereocenters. The first-order valence-corrected chi connectivity index (χ1v) is 12.1. The molecule has 1 atom stereocenters. The van der Waals surface area contributed by atoms with E-state index < -0.39 is 15.9 Å². The summed E-state index contributed by atoms with van der Waals surface area (Å²) >= 11 is 18.6. The second kappa shape index (κ2) is 7.50. The van der Waals surface area contributed by atoms with Crippen molar-refractivity contribution in [1.29, 1.82) is 0 Å². The SMILES string of the molecule is O=C1/C(=C\c2ccc(-c3ccc(Cl)cc3Cl)o2)SC(=S)N1[C@H]1CCS(=O)(=O)C1. The summed E-state index contributed by atoms with van der Waals surface area (Å²) in [7, 11) is -3.11. The standard InChI is InChI=1S/C18H13Cl2NO4S3/c19-10-1-3-13(14(20)7-10)15-4-2-12(25-15)8-16-17(22)21(18(26)27-16)11-5-6-28(23,24)9-11/h1-4,7-8,11H,5-6,9H2/b16-8+/t11-/m0/s1. The number of sulfone groups is 1. The second-order valence-corrected chi connectivity index (χ2v) is 11.2. The van der Waals surface area contributed by atoms with Crippen molar-refractivity contribution in [2.75, 3.05) is 11.5 Å². The summed E-state index contributed by atoms with van der Waals surface area (Å²) in [5, 5.41) is 0.986. The molecule has 0 aliphatic carbocycles. The van der Waals surface area contributed by atoms with Gasteiger partial charge in [-0.3, -0.25) is 9.69 Å². The number of hydrogen-bond acceptors (Lipinski definition) is 6. The average Bonchev–Trinajstić information content (AvgIpc) is 3.27. The van der Waals surface area contributed by atoms with Crippen LogP contribution in [0.15, 0.2) is 39.7 Å². The Balaban J connectivity index is 1.58. The molecule has 1 amide bonds. The zero-order valence-electron chi connectivity index (χ0n) is 14.2. The van der Waals surface area contributed by atoms with Crippen LogP contribution in [0.4, 0.5) is 0 Å². The van der Waals surface area contributed by atoms with Crippen molar-refractivity contribution in [3.8, 4) is 11.3 Å². The molecule has 2 aliphatic heterocycles. The van der Waals surface area contributed by atoms with Crippen LogP contribution < -0.4 is 0 Å². The van der Waals surface area contributed by atoms with E-state index in [-0.39, 0.29) is 17.4 Å². The number of thiocarbonyl (C=S) groups is 1. The van der Waals surface area contributed by atoms with Gasteiger partial charge in [0.25, 0.3) is 5.91 Å². The number of carbonyl (C=O) groups excluding carboxylic acids is 1. The lowest BCUT2D eigenvalue weighted by Gasteiger charge is -2.20. The Kier molecular flexibility index (Phi) is 5.35. The number of benzene rings is 1. The van der Waals surface area contributed by atoms with Gasteiger partial charge in [-0.1, -0.05) is 47.2 Å². The molecular formula is C18H13Cl2NO4S3. The lowest BCUT2D eigenvalue weighted by molar-refractivity contribution is -0.123. The Morgan fingerprint density at radius 3 is 2.71 bits per heavy atom. The number of rotatable bonds is 3. The summed E-state index contributed by atoms with van der Waals surface area (Å²) in [6, 6.07) is 8.18. The third kappa shape index (κ3) is 3.89. The quantitative estimate of drug-likeness (QED) is 0.477. The first kappa shape index (κ1) is 20.0. The molecule has 3 heterocycles. The Morgan fingerprint density at radius 1 is 1.25 bits per heavy atom. The minimum absolute atomic E-state index is 0.0489. The molecule has 0 radical (unpaired) electrons.